The Balaban J connectivity index is 1.34. The van der Waals surface area contributed by atoms with Crippen LogP contribution in [0.4, 0.5) is 5.00 Å². The first-order valence-corrected chi connectivity index (χ1v) is 14.9. The number of hydrogen-bond donors (Lipinski definition) is 1. The highest BCUT2D eigenvalue weighted by molar-refractivity contribution is 8.00. The third kappa shape index (κ3) is 6.39. The monoisotopic (exact) mass is 594 g/mol. The van der Waals surface area contributed by atoms with Crippen molar-refractivity contribution in [1.82, 2.24) is 10.2 Å². The fraction of sp³-hybridized carbons (Fsp3) is 0.310. The first-order valence-electron chi connectivity index (χ1n) is 13.2. The van der Waals surface area contributed by atoms with E-state index in [-0.39, 0.29) is 17.5 Å². The topological polar surface area (TPSA) is 121 Å². The Morgan fingerprint density at radius 2 is 1.98 bits per heavy atom. The second-order valence-corrected chi connectivity index (χ2v) is 11.8. The molecule has 0 radical (unpaired) electrons. The molecule has 2 aromatic heterocycles. The number of thiophene rings is 1. The van der Waals surface area contributed by atoms with Gasteiger partial charge in [0.25, 0.3) is 5.03 Å². The number of anilines is 1. The molecule has 1 atom stereocenters. The minimum absolute atomic E-state index is 0.158. The third-order valence-electron chi connectivity index (χ3n) is 6.65. The number of esters is 1. The number of aromatic nitrogens is 2. The van der Waals surface area contributed by atoms with Gasteiger partial charge in [0.1, 0.15) is 10.8 Å². The van der Waals surface area contributed by atoms with Crippen LogP contribution in [0.2, 0.25) is 0 Å². The van der Waals surface area contributed by atoms with Crippen molar-refractivity contribution in [2.24, 2.45) is 0 Å². The molecule has 10 nitrogen and oxygen atoms in total. The molecule has 1 aliphatic heterocycles. The summed E-state index contributed by atoms with van der Waals surface area (Å²) in [5.41, 5.74) is 3.14. The Kier molecular flexibility index (Phi) is 8.91. The summed E-state index contributed by atoms with van der Waals surface area (Å²) >= 11 is 2.43. The molecule has 3 heterocycles. The maximum absolute atomic E-state index is 13.4. The van der Waals surface area contributed by atoms with Gasteiger partial charge in [-0.2, -0.15) is 0 Å². The lowest BCUT2D eigenvalue weighted by Gasteiger charge is -2.27. The summed E-state index contributed by atoms with van der Waals surface area (Å²) in [6.45, 7) is 5.93. The number of rotatable bonds is 10. The largest absolute Gasteiger partial charge is 0.538 e. The molecule has 0 saturated carbocycles. The lowest BCUT2D eigenvalue weighted by molar-refractivity contribution is -0.705. The summed E-state index contributed by atoms with van der Waals surface area (Å²) < 4.78 is 16.8. The van der Waals surface area contributed by atoms with Gasteiger partial charge in [-0.05, 0) is 60.0 Å². The van der Waals surface area contributed by atoms with Crippen LogP contribution in [-0.4, -0.2) is 47.6 Å². The van der Waals surface area contributed by atoms with Crippen molar-refractivity contribution < 1.29 is 33.4 Å². The van der Waals surface area contributed by atoms with Crippen molar-refractivity contribution in [3.8, 4) is 17.4 Å². The van der Waals surface area contributed by atoms with Crippen molar-refractivity contribution in [2.75, 3.05) is 25.6 Å². The summed E-state index contributed by atoms with van der Waals surface area (Å²) in [7, 11) is 1.56. The maximum Gasteiger partial charge on any atom is 0.341 e. The smallest absolute Gasteiger partial charge is 0.341 e. The van der Waals surface area contributed by atoms with E-state index < -0.39 is 17.2 Å². The fourth-order valence-electron chi connectivity index (χ4n) is 4.60. The number of benzene rings is 2. The Bertz CT molecular complexity index is 1520. The molecule has 41 heavy (non-hydrogen) atoms. The highest BCUT2D eigenvalue weighted by Gasteiger charge is 2.32. The standard InChI is InChI=1S/C29H30N4O6S2/c1-4-38-28(35)24-22-14-15-32(16-19-8-6-5-7-9-19)17-23(22)41-26(24)30-25(34)18(2)40-27-29(36)39-31-33(27)20-10-12-21(37-3)13-11-20/h5-13,18H,4,14-17H2,1-3H3,(H-,30,31,34,35,36). The van der Waals surface area contributed by atoms with Gasteiger partial charge >= 0.3 is 5.97 Å². The SMILES string of the molecule is CCOC(=O)c1c(NC(=O)C(C)Sc2c([O-])on[n+]2-c2ccc(OC)cc2)sc2c1CCN(Cc1ccccc1)C2. The Hall–Kier alpha value is -3.87. The quantitative estimate of drug-likeness (QED) is 0.165. The molecule has 1 aliphatic rings. The summed E-state index contributed by atoms with van der Waals surface area (Å²) in [5.74, 6) is -0.804. The van der Waals surface area contributed by atoms with Gasteiger partial charge in [0.15, 0.2) is 5.95 Å². The highest BCUT2D eigenvalue weighted by atomic mass is 32.2. The lowest BCUT2D eigenvalue weighted by Crippen LogP contribution is -2.36. The minimum Gasteiger partial charge on any atom is -0.538 e. The number of carbonyl (C=O) groups is 2. The van der Waals surface area contributed by atoms with Crippen LogP contribution in [0.1, 0.15) is 40.2 Å². The van der Waals surface area contributed by atoms with E-state index >= 15 is 0 Å². The van der Waals surface area contributed by atoms with Crippen LogP contribution in [0, 0.1) is 0 Å². The number of nitrogens with one attached hydrogen (secondary N) is 1. The van der Waals surface area contributed by atoms with Crippen LogP contribution >= 0.6 is 23.1 Å². The van der Waals surface area contributed by atoms with E-state index in [1.54, 1.807) is 45.2 Å². The number of fused-ring (bicyclic) bond motifs is 1. The first kappa shape index (κ1) is 28.7. The molecule has 0 bridgehead atoms. The van der Waals surface area contributed by atoms with Gasteiger partial charge in [-0.3, -0.25) is 9.69 Å². The molecule has 0 saturated heterocycles. The zero-order valence-corrected chi connectivity index (χ0v) is 24.5. The first-order chi connectivity index (χ1) is 19.9. The van der Waals surface area contributed by atoms with Gasteiger partial charge in [-0.15, -0.1) is 11.3 Å². The molecule has 1 N–H and O–H groups in total. The molecule has 0 fully saturated rings. The summed E-state index contributed by atoms with van der Waals surface area (Å²) in [5, 5.41) is 19.2. The molecule has 4 aromatic rings. The molecule has 2 aromatic carbocycles. The van der Waals surface area contributed by atoms with E-state index in [0.717, 1.165) is 35.3 Å². The second-order valence-electron chi connectivity index (χ2n) is 9.40. The molecule has 5 rings (SSSR count). The van der Waals surface area contributed by atoms with Gasteiger partial charge in [0, 0.05) is 36.6 Å². The molecule has 1 amide bonds. The molecule has 12 heteroatoms. The summed E-state index contributed by atoms with van der Waals surface area (Å²) in [4.78, 5) is 29.7. The van der Waals surface area contributed by atoms with E-state index in [1.807, 2.05) is 18.2 Å². The number of amides is 1. The van der Waals surface area contributed by atoms with Crippen LogP contribution in [0.15, 0.2) is 64.1 Å². The molecular formula is C29H30N4O6S2. The molecule has 214 valence electrons. The van der Waals surface area contributed by atoms with Crippen LogP contribution in [0.25, 0.3) is 5.69 Å². The van der Waals surface area contributed by atoms with Gasteiger partial charge in [0.2, 0.25) is 11.6 Å². The Labute approximate surface area is 245 Å². The predicted octanol–water partition coefficient (Wildman–Crippen LogP) is 3.95. The van der Waals surface area contributed by atoms with Gasteiger partial charge in [-0.1, -0.05) is 30.3 Å². The number of hydrogen-bond acceptors (Lipinski definition) is 10. The number of carbonyl (C=O) groups excluding carboxylic acids is 2. The predicted molar refractivity (Wildman–Crippen MR) is 153 cm³/mol. The van der Waals surface area contributed by atoms with Crippen molar-refractivity contribution in [3.63, 3.8) is 0 Å². The van der Waals surface area contributed by atoms with Gasteiger partial charge in [0.05, 0.1) is 29.8 Å². The van der Waals surface area contributed by atoms with Crippen molar-refractivity contribution in [3.05, 3.63) is 76.2 Å². The van der Waals surface area contributed by atoms with Crippen LogP contribution < -0.4 is 19.8 Å². The van der Waals surface area contributed by atoms with E-state index in [0.29, 0.717) is 35.0 Å². The number of nitrogens with zero attached hydrogens (tertiary/aromatic N) is 3. The second kappa shape index (κ2) is 12.8. The maximum atomic E-state index is 13.4. The highest BCUT2D eigenvalue weighted by Crippen LogP contribution is 2.39. The van der Waals surface area contributed by atoms with Crippen LogP contribution in [0.5, 0.6) is 11.7 Å². The molecular weight excluding hydrogens is 564 g/mol. The average Bonchev–Trinajstić information content (AvgIpc) is 3.52. The zero-order chi connectivity index (χ0) is 28.9. The summed E-state index contributed by atoms with van der Waals surface area (Å²) in [6.07, 6.45) is 0.676. The number of ether oxygens (including phenoxy) is 2. The van der Waals surface area contributed by atoms with E-state index in [4.69, 9.17) is 14.0 Å². The Morgan fingerprint density at radius 1 is 1.22 bits per heavy atom. The average molecular weight is 595 g/mol. The zero-order valence-electron chi connectivity index (χ0n) is 22.9. The lowest BCUT2D eigenvalue weighted by atomic mass is 10.0. The van der Waals surface area contributed by atoms with Crippen molar-refractivity contribution in [1.29, 1.82) is 0 Å². The minimum atomic E-state index is -0.699. The fourth-order valence-corrected chi connectivity index (χ4v) is 6.76. The molecule has 1 unspecified atom stereocenters. The van der Waals surface area contributed by atoms with Crippen molar-refractivity contribution in [2.45, 2.75) is 43.6 Å². The number of thioether (sulfide) groups is 1. The van der Waals surface area contributed by atoms with Crippen LogP contribution in [0.3, 0.4) is 0 Å². The Morgan fingerprint density at radius 3 is 2.68 bits per heavy atom. The molecule has 0 aliphatic carbocycles. The normalized spacial score (nSPS) is 13.8. The van der Waals surface area contributed by atoms with Crippen LogP contribution in [-0.2, 0) is 29.0 Å². The van der Waals surface area contributed by atoms with Gasteiger partial charge < -0.3 is 24.4 Å². The van der Waals surface area contributed by atoms with E-state index in [9.17, 15) is 14.7 Å². The van der Waals surface area contributed by atoms with E-state index in [2.05, 4.69) is 27.6 Å². The number of methoxy groups -OCH3 is 1. The van der Waals surface area contributed by atoms with Gasteiger partial charge in [-0.25, -0.2) is 4.79 Å². The third-order valence-corrected chi connectivity index (χ3v) is 8.91. The summed E-state index contributed by atoms with van der Waals surface area (Å²) in [6, 6.07) is 17.2. The molecule has 0 spiro atoms. The van der Waals surface area contributed by atoms with Crippen molar-refractivity contribution >= 4 is 40.0 Å². The van der Waals surface area contributed by atoms with E-state index in [1.165, 1.54) is 21.6 Å².